The monoisotopic (exact) mass is 210 g/mol. The van der Waals surface area contributed by atoms with E-state index in [1.165, 1.54) is 6.42 Å². The second-order valence-corrected chi connectivity index (χ2v) is 3.94. The summed E-state index contributed by atoms with van der Waals surface area (Å²) in [7, 11) is 1.92. The van der Waals surface area contributed by atoms with Crippen LogP contribution in [0.3, 0.4) is 0 Å². The Bertz CT molecular complexity index is 293. The molecule has 15 heavy (non-hydrogen) atoms. The van der Waals surface area contributed by atoms with E-state index in [0.717, 1.165) is 44.2 Å². The van der Waals surface area contributed by atoms with Crippen LogP contribution in [0, 0.1) is 0 Å². The van der Waals surface area contributed by atoms with Crippen LogP contribution in [0.5, 0.6) is 0 Å². The van der Waals surface area contributed by atoms with E-state index in [1.54, 1.807) is 0 Å². The van der Waals surface area contributed by atoms with Crippen LogP contribution in [-0.2, 0) is 6.42 Å². The zero-order chi connectivity index (χ0) is 10.5. The van der Waals surface area contributed by atoms with Gasteiger partial charge in [0.2, 0.25) is 5.89 Å². The van der Waals surface area contributed by atoms with Crippen molar-refractivity contribution >= 4 is 0 Å². The van der Waals surface area contributed by atoms with Crippen molar-refractivity contribution in [1.82, 2.24) is 20.8 Å². The van der Waals surface area contributed by atoms with Crippen LogP contribution < -0.4 is 10.6 Å². The van der Waals surface area contributed by atoms with Crippen molar-refractivity contribution < 1.29 is 4.52 Å². The normalized spacial score (nSPS) is 21.8. The molecule has 0 aromatic carbocycles. The van der Waals surface area contributed by atoms with Gasteiger partial charge in [0.1, 0.15) is 0 Å². The van der Waals surface area contributed by atoms with Gasteiger partial charge in [-0.2, -0.15) is 4.98 Å². The van der Waals surface area contributed by atoms with Crippen molar-refractivity contribution in [2.45, 2.75) is 25.2 Å². The van der Waals surface area contributed by atoms with E-state index in [4.69, 9.17) is 4.52 Å². The molecule has 1 saturated heterocycles. The highest BCUT2D eigenvalue weighted by Gasteiger charge is 2.20. The molecule has 2 heterocycles. The zero-order valence-electron chi connectivity index (χ0n) is 9.12. The Morgan fingerprint density at radius 3 is 3.27 bits per heavy atom. The predicted octanol–water partition coefficient (Wildman–Crippen LogP) is 0.298. The lowest BCUT2D eigenvalue weighted by Crippen LogP contribution is -2.28. The van der Waals surface area contributed by atoms with Crippen LogP contribution in [0.25, 0.3) is 0 Å². The molecule has 0 radical (unpaired) electrons. The topological polar surface area (TPSA) is 63.0 Å². The van der Waals surface area contributed by atoms with Crippen molar-refractivity contribution in [2.24, 2.45) is 0 Å². The van der Waals surface area contributed by atoms with E-state index in [2.05, 4.69) is 20.8 Å². The van der Waals surface area contributed by atoms with Gasteiger partial charge in [0.15, 0.2) is 5.82 Å². The molecule has 84 valence electrons. The molecule has 1 aromatic rings. The Morgan fingerprint density at radius 1 is 1.60 bits per heavy atom. The fraction of sp³-hybridized carbons (Fsp3) is 0.800. The van der Waals surface area contributed by atoms with Crippen LogP contribution in [-0.4, -0.2) is 36.8 Å². The van der Waals surface area contributed by atoms with Crippen LogP contribution in [0.1, 0.15) is 30.5 Å². The van der Waals surface area contributed by atoms with Crippen LogP contribution in [0.2, 0.25) is 0 Å². The Kier molecular flexibility index (Phi) is 3.69. The predicted molar refractivity (Wildman–Crippen MR) is 56.8 cm³/mol. The first-order valence-corrected chi connectivity index (χ1v) is 5.58. The van der Waals surface area contributed by atoms with Gasteiger partial charge in [-0.3, -0.25) is 0 Å². The summed E-state index contributed by atoms with van der Waals surface area (Å²) in [5, 5.41) is 10.5. The SMILES string of the molecule is CNCCc1nc(C2CCCNC2)no1. The number of hydrogen-bond acceptors (Lipinski definition) is 5. The molecule has 0 spiro atoms. The van der Waals surface area contributed by atoms with Gasteiger partial charge in [-0.05, 0) is 26.4 Å². The molecular weight excluding hydrogens is 192 g/mol. The van der Waals surface area contributed by atoms with Crippen molar-refractivity contribution in [1.29, 1.82) is 0 Å². The third kappa shape index (κ3) is 2.76. The van der Waals surface area contributed by atoms with Gasteiger partial charge in [0, 0.05) is 25.4 Å². The first kappa shape index (κ1) is 10.6. The van der Waals surface area contributed by atoms with Crippen molar-refractivity contribution in [2.75, 3.05) is 26.7 Å². The van der Waals surface area contributed by atoms with Crippen molar-refractivity contribution in [3.63, 3.8) is 0 Å². The molecule has 1 fully saturated rings. The zero-order valence-corrected chi connectivity index (χ0v) is 9.12. The standard InChI is InChI=1S/C10H18N4O/c1-11-6-4-9-13-10(14-15-9)8-3-2-5-12-7-8/h8,11-12H,2-7H2,1H3. The molecule has 0 aliphatic carbocycles. The van der Waals surface area contributed by atoms with E-state index < -0.39 is 0 Å². The van der Waals surface area contributed by atoms with Crippen LogP contribution >= 0.6 is 0 Å². The maximum Gasteiger partial charge on any atom is 0.227 e. The van der Waals surface area contributed by atoms with E-state index in [0.29, 0.717) is 5.92 Å². The lowest BCUT2D eigenvalue weighted by atomic mass is 9.99. The maximum absolute atomic E-state index is 5.19. The number of rotatable bonds is 4. The Labute approximate surface area is 89.6 Å². The molecule has 5 nitrogen and oxygen atoms in total. The molecule has 0 bridgehead atoms. The molecule has 1 atom stereocenters. The molecule has 5 heteroatoms. The third-order valence-corrected chi connectivity index (χ3v) is 2.73. The molecule has 2 rings (SSSR count). The molecule has 2 N–H and O–H groups in total. The summed E-state index contributed by atoms with van der Waals surface area (Å²) in [6.07, 6.45) is 3.17. The molecule has 1 aromatic heterocycles. The summed E-state index contributed by atoms with van der Waals surface area (Å²) in [4.78, 5) is 4.41. The summed E-state index contributed by atoms with van der Waals surface area (Å²) < 4.78 is 5.19. The summed E-state index contributed by atoms with van der Waals surface area (Å²) in [5.74, 6) is 2.05. The lowest BCUT2D eigenvalue weighted by molar-refractivity contribution is 0.360. The first-order valence-electron chi connectivity index (χ1n) is 5.58. The quantitative estimate of drug-likeness (QED) is 0.748. The van der Waals surface area contributed by atoms with E-state index in [1.807, 2.05) is 7.05 Å². The van der Waals surface area contributed by atoms with Crippen molar-refractivity contribution in [3.05, 3.63) is 11.7 Å². The molecule has 0 saturated carbocycles. The lowest BCUT2D eigenvalue weighted by Gasteiger charge is -2.19. The fourth-order valence-electron chi connectivity index (χ4n) is 1.84. The van der Waals surface area contributed by atoms with E-state index >= 15 is 0 Å². The highest BCUT2D eigenvalue weighted by Crippen LogP contribution is 2.20. The van der Waals surface area contributed by atoms with Crippen LogP contribution in [0.4, 0.5) is 0 Å². The third-order valence-electron chi connectivity index (χ3n) is 2.73. The van der Waals surface area contributed by atoms with Gasteiger partial charge in [-0.1, -0.05) is 5.16 Å². The highest BCUT2D eigenvalue weighted by molar-refractivity contribution is 4.98. The summed E-state index contributed by atoms with van der Waals surface area (Å²) >= 11 is 0. The van der Waals surface area contributed by atoms with Gasteiger partial charge in [-0.15, -0.1) is 0 Å². The maximum atomic E-state index is 5.19. The Morgan fingerprint density at radius 2 is 2.53 bits per heavy atom. The second-order valence-electron chi connectivity index (χ2n) is 3.94. The average Bonchev–Trinajstić information content (AvgIpc) is 2.76. The number of nitrogens with one attached hydrogen (secondary N) is 2. The smallest absolute Gasteiger partial charge is 0.227 e. The number of piperidine rings is 1. The Balaban J connectivity index is 1.93. The van der Waals surface area contributed by atoms with Gasteiger partial charge < -0.3 is 15.2 Å². The van der Waals surface area contributed by atoms with Gasteiger partial charge >= 0.3 is 0 Å². The minimum atomic E-state index is 0.436. The van der Waals surface area contributed by atoms with Gasteiger partial charge in [0.05, 0.1) is 0 Å². The summed E-state index contributed by atoms with van der Waals surface area (Å²) in [6, 6.07) is 0. The first-order chi connectivity index (χ1) is 7.40. The van der Waals surface area contributed by atoms with Gasteiger partial charge in [0.25, 0.3) is 0 Å². The number of aromatic nitrogens is 2. The van der Waals surface area contributed by atoms with Crippen molar-refractivity contribution in [3.8, 4) is 0 Å². The average molecular weight is 210 g/mol. The van der Waals surface area contributed by atoms with E-state index in [-0.39, 0.29) is 0 Å². The highest BCUT2D eigenvalue weighted by atomic mass is 16.5. The number of nitrogens with zero attached hydrogens (tertiary/aromatic N) is 2. The summed E-state index contributed by atoms with van der Waals surface area (Å²) in [5.41, 5.74) is 0. The molecule has 1 aliphatic heterocycles. The minimum Gasteiger partial charge on any atom is -0.339 e. The molecular formula is C10H18N4O. The number of hydrogen-bond donors (Lipinski definition) is 2. The second kappa shape index (κ2) is 5.23. The molecule has 1 unspecified atom stereocenters. The molecule has 1 aliphatic rings. The summed E-state index contributed by atoms with van der Waals surface area (Å²) in [6.45, 7) is 2.97. The number of likely N-dealkylation sites (N-methyl/N-ethyl adjacent to an activating group) is 1. The molecule has 0 amide bonds. The fourth-order valence-corrected chi connectivity index (χ4v) is 1.84. The minimum absolute atomic E-state index is 0.436. The Hall–Kier alpha value is -0.940. The van der Waals surface area contributed by atoms with Crippen LogP contribution in [0.15, 0.2) is 4.52 Å². The largest absolute Gasteiger partial charge is 0.339 e. The van der Waals surface area contributed by atoms with E-state index in [9.17, 15) is 0 Å². The van der Waals surface area contributed by atoms with Gasteiger partial charge in [-0.25, -0.2) is 0 Å².